The number of benzene rings is 2. The Morgan fingerprint density at radius 3 is 1.38 bits per heavy atom. The van der Waals surface area contributed by atoms with Gasteiger partial charge in [-0.15, -0.1) is 0 Å². The maximum Gasteiger partial charge on any atom is 0.329 e. The van der Waals surface area contributed by atoms with Crippen LogP contribution >= 0.6 is 0 Å². The fraction of sp³-hybridized carbons (Fsp3) is 0.632. The van der Waals surface area contributed by atoms with Crippen LogP contribution in [-0.2, 0) is 74.9 Å². The maximum atomic E-state index is 13.7. The smallest absolute Gasteiger partial charge is 0.329 e. The number of hydrogen-bond acceptors (Lipinski definition) is 16. The summed E-state index contributed by atoms with van der Waals surface area (Å²) in [6.45, 7) is 25.1. The molecule has 436 valence electrons. The molecule has 0 unspecified atom stereocenters. The second-order valence-electron chi connectivity index (χ2n) is 24.0. The highest BCUT2D eigenvalue weighted by Gasteiger charge is 2.33. The standard InChI is InChI=1S/C57H88N6O15/c1-53(2,3)74-45(65)30-28-39(58)47(67)61-43(51(71)78-57(13,14)15)34-37-24-26-38(27-25-37)73-35-44(64)60-42(33-36-21-17-16-18-22-36)48(68)59-32-20-19-23-40(49(69)76-55(7,8)9)62-52(72)63-41(50(70)77-56(10,11)12)29-31-46(66)75-54(4,5)6/h16-18,21-22,24-27,39-43H,19-20,23,28-35,58H2,1-15H3,(H,59,68)(H,60,64)(H,61,67)(H2,62,63,72)/t39-,40-,41-,42-,43-/m0/s1. The van der Waals surface area contributed by atoms with Gasteiger partial charge in [-0.2, -0.15) is 0 Å². The van der Waals surface area contributed by atoms with E-state index < -0.39 is 118 Å². The Morgan fingerprint density at radius 1 is 0.462 bits per heavy atom. The minimum absolute atomic E-state index is 0.00730. The molecule has 0 radical (unpaired) electrons. The number of carbonyl (C=O) groups excluding carboxylic acids is 9. The molecule has 5 atom stereocenters. The summed E-state index contributed by atoms with van der Waals surface area (Å²) < 4.78 is 33.1. The molecule has 7 N–H and O–H groups in total. The SMILES string of the molecule is CC(C)(C)OC(=O)CC[C@H](NC(=O)N[C@@H](CCCCNC(=O)[C@H](Cc1ccccc1)NC(=O)COc1ccc(C[C@H](NC(=O)[C@@H](N)CCC(=O)OC(C)(C)C)C(=O)OC(C)(C)C)cc1)C(=O)OC(C)(C)C)C(=O)OC(C)(C)C. The Labute approximate surface area is 460 Å². The number of amides is 5. The van der Waals surface area contributed by atoms with Gasteiger partial charge in [0, 0.05) is 32.2 Å². The first-order chi connectivity index (χ1) is 35.9. The van der Waals surface area contributed by atoms with Gasteiger partial charge in [-0.25, -0.2) is 19.2 Å². The summed E-state index contributed by atoms with van der Waals surface area (Å²) >= 11 is 0. The first-order valence-corrected chi connectivity index (χ1v) is 26.4. The molecule has 0 aliphatic rings. The fourth-order valence-corrected chi connectivity index (χ4v) is 7.11. The summed E-state index contributed by atoms with van der Waals surface area (Å²) in [5.41, 5.74) is 3.37. The summed E-state index contributed by atoms with van der Waals surface area (Å²) in [5.74, 6) is -4.69. The summed E-state index contributed by atoms with van der Waals surface area (Å²) in [6, 6.07) is 9.03. The van der Waals surface area contributed by atoms with Crippen molar-refractivity contribution in [3.05, 3.63) is 65.7 Å². The van der Waals surface area contributed by atoms with Crippen LogP contribution in [0.1, 0.15) is 160 Å². The Bertz CT molecular complexity index is 2310. The van der Waals surface area contributed by atoms with Crippen LogP contribution in [0.5, 0.6) is 5.75 Å². The Kier molecular flexibility index (Phi) is 26.2. The molecule has 0 saturated heterocycles. The molecule has 0 heterocycles. The number of nitrogens with one attached hydrogen (secondary N) is 5. The van der Waals surface area contributed by atoms with Gasteiger partial charge in [-0.05, 0) is 159 Å². The number of esters is 5. The Morgan fingerprint density at radius 2 is 0.897 bits per heavy atom. The number of ether oxygens (including phenoxy) is 6. The van der Waals surface area contributed by atoms with E-state index in [-0.39, 0.29) is 51.5 Å². The van der Waals surface area contributed by atoms with E-state index in [9.17, 15) is 43.2 Å². The number of carbonyl (C=O) groups is 9. The van der Waals surface area contributed by atoms with E-state index in [0.717, 1.165) is 5.56 Å². The van der Waals surface area contributed by atoms with Crippen LogP contribution in [0.4, 0.5) is 4.79 Å². The van der Waals surface area contributed by atoms with Crippen LogP contribution in [0, 0.1) is 0 Å². The van der Waals surface area contributed by atoms with Crippen LogP contribution in [0.15, 0.2) is 54.6 Å². The molecule has 0 aliphatic carbocycles. The molecule has 21 nitrogen and oxygen atoms in total. The van der Waals surface area contributed by atoms with Gasteiger partial charge >= 0.3 is 35.9 Å². The van der Waals surface area contributed by atoms with E-state index in [4.69, 9.17) is 34.2 Å². The zero-order valence-corrected chi connectivity index (χ0v) is 48.6. The van der Waals surface area contributed by atoms with E-state index in [1.54, 1.807) is 128 Å². The molecule has 0 fully saturated rings. The van der Waals surface area contributed by atoms with Crippen molar-refractivity contribution in [1.29, 1.82) is 0 Å². The zero-order valence-electron chi connectivity index (χ0n) is 48.6. The molecular weight excluding hydrogens is 1010 g/mol. The summed E-state index contributed by atoms with van der Waals surface area (Å²) in [7, 11) is 0. The lowest BCUT2D eigenvalue weighted by Gasteiger charge is -2.27. The molecule has 0 bridgehead atoms. The van der Waals surface area contributed by atoms with E-state index in [1.165, 1.54) is 0 Å². The number of unbranched alkanes of at least 4 members (excludes halogenated alkanes) is 1. The second kappa shape index (κ2) is 30.4. The highest BCUT2D eigenvalue weighted by Crippen LogP contribution is 2.19. The molecule has 21 heteroatoms. The fourth-order valence-electron chi connectivity index (χ4n) is 7.11. The van der Waals surface area contributed by atoms with Gasteiger partial charge in [0.2, 0.25) is 11.8 Å². The number of hydrogen-bond donors (Lipinski definition) is 6. The molecule has 0 saturated carbocycles. The topological polar surface area (TPSA) is 295 Å². The van der Waals surface area contributed by atoms with Crippen LogP contribution in [0.2, 0.25) is 0 Å². The van der Waals surface area contributed by atoms with Crippen molar-refractivity contribution in [2.24, 2.45) is 5.73 Å². The zero-order chi connectivity index (χ0) is 59.2. The number of rotatable bonds is 27. The van der Waals surface area contributed by atoms with E-state index in [0.29, 0.717) is 24.2 Å². The van der Waals surface area contributed by atoms with Gasteiger partial charge in [0.25, 0.3) is 5.91 Å². The third-order valence-electron chi connectivity index (χ3n) is 10.4. The van der Waals surface area contributed by atoms with Crippen molar-refractivity contribution in [2.75, 3.05) is 13.2 Å². The second-order valence-corrected chi connectivity index (χ2v) is 24.0. The van der Waals surface area contributed by atoms with E-state index >= 15 is 0 Å². The van der Waals surface area contributed by atoms with Gasteiger partial charge in [0.1, 0.15) is 57.9 Å². The van der Waals surface area contributed by atoms with Crippen LogP contribution < -0.4 is 37.1 Å². The summed E-state index contributed by atoms with van der Waals surface area (Å²) in [4.78, 5) is 118. The normalized spacial score (nSPS) is 13.9. The van der Waals surface area contributed by atoms with Crippen molar-refractivity contribution >= 4 is 53.6 Å². The maximum absolute atomic E-state index is 13.7. The van der Waals surface area contributed by atoms with Crippen molar-refractivity contribution in [3.8, 4) is 5.75 Å². The van der Waals surface area contributed by atoms with E-state index in [1.807, 2.05) is 30.3 Å². The average molecular weight is 1100 g/mol. The van der Waals surface area contributed by atoms with Gasteiger partial charge in [0.15, 0.2) is 6.61 Å². The largest absolute Gasteiger partial charge is 0.484 e. The highest BCUT2D eigenvalue weighted by molar-refractivity contribution is 5.90. The lowest BCUT2D eigenvalue weighted by atomic mass is 10.0. The molecular formula is C57H88N6O15. The van der Waals surface area contributed by atoms with Gasteiger partial charge in [-0.3, -0.25) is 24.0 Å². The molecule has 2 rings (SSSR count). The first kappa shape index (κ1) is 67.3. The molecule has 0 spiro atoms. The van der Waals surface area contributed by atoms with Crippen molar-refractivity contribution in [1.82, 2.24) is 26.6 Å². The molecule has 2 aromatic carbocycles. The molecule has 0 aliphatic heterocycles. The average Bonchev–Trinajstić information content (AvgIpc) is 3.28. The summed E-state index contributed by atoms with van der Waals surface area (Å²) in [6.07, 6.45) is 0.495. The highest BCUT2D eigenvalue weighted by atomic mass is 16.6. The van der Waals surface area contributed by atoms with Crippen LogP contribution in [0.3, 0.4) is 0 Å². The molecule has 0 aromatic heterocycles. The summed E-state index contributed by atoms with van der Waals surface area (Å²) in [5, 5.41) is 13.4. The first-order valence-electron chi connectivity index (χ1n) is 26.4. The predicted octanol–water partition coefficient (Wildman–Crippen LogP) is 5.74. The lowest BCUT2D eigenvalue weighted by Crippen LogP contribution is -2.53. The van der Waals surface area contributed by atoms with Crippen molar-refractivity contribution in [2.45, 2.75) is 220 Å². The molecule has 5 amide bonds. The number of nitrogens with two attached hydrogens (primary N) is 1. The van der Waals surface area contributed by atoms with Crippen LogP contribution in [-0.4, -0.2) is 125 Å². The predicted molar refractivity (Wildman–Crippen MR) is 291 cm³/mol. The minimum Gasteiger partial charge on any atom is -0.484 e. The quantitative estimate of drug-likeness (QED) is 0.0353. The lowest BCUT2D eigenvalue weighted by molar-refractivity contribution is -0.159. The molecule has 78 heavy (non-hydrogen) atoms. The Hall–Kier alpha value is -6.77. The van der Waals surface area contributed by atoms with Gasteiger partial charge in [0.05, 0.1) is 6.04 Å². The minimum atomic E-state index is -1.26. The van der Waals surface area contributed by atoms with Crippen molar-refractivity contribution in [3.63, 3.8) is 0 Å². The monoisotopic (exact) mass is 1100 g/mol. The Balaban J connectivity index is 2.11. The van der Waals surface area contributed by atoms with Crippen molar-refractivity contribution < 1.29 is 71.6 Å². The van der Waals surface area contributed by atoms with Gasteiger partial charge in [-0.1, -0.05) is 42.5 Å². The molecule has 2 aromatic rings. The third kappa shape index (κ3) is 30.2. The van der Waals surface area contributed by atoms with Crippen LogP contribution in [0.25, 0.3) is 0 Å². The van der Waals surface area contributed by atoms with Gasteiger partial charge < -0.3 is 60.7 Å². The third-order valence-corrected chi connectivity index (χ3v) is 10.4. The van der Waals surface area contributed by atoms with E-state index in [2.05, 4.69) is 26.6 Å². The number of urea groups is 1.